The van der Waals surface area contributed by atoms with Gasteiger partial charge in [0.25, 0.3) is 0 Å². The molecule has 1 atom stereocenters. The first-order valence-electron chi connectivity index (χ1n) is 6.64. The van der Waals surface area contributed by atoms with Crippen LogP contribution in [0.2, 0.25) is 0 Å². The first-order valence-corrected chi connectivity index (χ1v) is 8.29. The first kappa shape index (κ1) is 15.0. The summed E-state index contributed by atoms with van der Waals surface area (Å²) >= 11 is 0. The Labute approximate surface area is 106 Å². The van der Waals surface area contributed by atoms with Crippen molar-refractivity contribution in [2.45, 2.75) is 70.1 Å². The summed E-state index contributed by atoms with van der Waals surface area (Å²) in [7, 11) is -3.03. The lowest BCUT2D eigenvalue weighted by Crippen LogP contribution is -2.31. The van der Waals surface area contributed by atoms with Crippen molar-refractivity contribution in [1.29, 1.82) is 0 Å². The van der Waals surface area contributed by atoms with E-state index in [-0.39, 0.29) is 11.9 Å². The molecule has 102 valence electrons. The van der Waals surface area contributed by atoms with E-state index in [2.05, 4.69) is 0 Å². The fraction of sp³-hybridized carbons (Fsp3) is 1.00. The maximum absolute atomic E-state index is 11.9. The maximum Gasteiger partial charge on any atom is 0.155 e. The van der Waals surface area contributed by atoms with E-state index >= 15 is 0 Å². The Morgan fingerprint density at radius 3 is 2.24 bits per heavy atom. The molecule has 0 aromatic rings. The monoisotopic (exact) mass is 262 g/mol. The van der Waals surface area contributed by atoms with Crippen LogP contribution in [-0.4, -0.2) is 30.1 Å². The van der Waals surface area contributed by atoms with E-state index in [0.717, 1.165) is 12.8 Å². The molecule has 1 rings (SSSR count). The van der Waals surface area contributed by atoms with Crippen molar-refractivity contribution in [3.8, 4) is 0 Å². The summed E-state index contributed by atoms with van der Waals surface area (Å²) in [5.41, 5.74) is 0. The standard InChI is InChI=1S/C13H26O3S/c1-13(2,3)17(15,16)10-6-9-12(14)11-7-4-5-8-11/h11-12,14H,4-10H2,1-3H3. The molecule has 0 saturated heterocycles. The first-order chi connectivity index (χ1) is 7.74. The van der Waals surface area contributed by atoms with Gasteiger partial charge in [-0.1, -0.05) is 12.8 Å². The van der Waals surface area contributed by atoms with Crippen molar-refractivity contribution < 1.29 is 13.5 Å². The van der Waals surface area contributed by atoms with Crippen LogP contribution in [-0.2, 0) is 9.84 Å². The Morgan fingerprint density at radius 1 is 1.24 bits per heavy atom. The Morgan fingerprint density at radius 2 is 1.76 bits per heavy atom. The molecule has 4 heteroatoms. The van der Waals surface area contributed by atoms with Gasteiger partial charge in [0.2, 0.25) is 0 Å². The smallest absolute Gasteiger partial charge is 0.155 e. The topological polar surface area (TPSA) is 54.4 Å². The third-order valence-electron chi connectivity index (χ3n) is 3.79. The number of hydrogen-bond donors (Lipinski definition) is 1. The average molecular weight is 262 g/mol. The minimum atomic E-state index is -3.03. The molecule has 0 aromatic heterocycles. The fourth-order valence-electron chi connectivity index (χ4n) is 2.37. The number of rotatable bonds is 5. The minimum Gasteiger partial charge on any atom is -0.393 e. The lowest BCUT2D eigenvalue weighted by molar-refractivity contribution is 0.101. The largest absolute Gasteiger partial charge is 0.393 e. The highest BCUT2D eigenvalue weighted by Crippen LogP contribution is 2.29. The van der Waals surface area contributed by atoms with Crippen molar-refractivity contribution in [3.05, 3.63) is 0 Å². The van der Waals surface area contributed by atoms with Crippen LogP contribution >= 0.6 is 0 Å². The Balaban J connectivity index is 2.32. The van der Waals surface area contributed by atoms with E-state index in [1.165, 1.54) is 12.8 Å². The van der Waals surface area contributed by atoms with Crippen LogP contribution in [0.15, 0.2) is 0 Å². The van der Waals surface area contributed by atoms with Gasteiger partial charge in [-0.3, -0.25) is 0 Å². The van der Waals surface area contributed by atoms with Gasteiger partial charge in [-0.05, 0) is 52.4 Å². The summed E-state index contributed by atoms with van der Waals surface area (Å²) in [6, 6.07) is 0. The molecule has 1 saturated carbocycles. The van der Waals surface area contributed by atoms with Crippen molar-refractivity contribution in [3.63, 3.8) is 0 Å². The van der Waals surface area contributed by atoms with Crippen LogP contribution in [0.1, 0.15) is 59.3 Å². The molecule has 0 aliphatic heterocycles. The number of hydrogen-bond acceptors (Lipinski definition) is 3. The van der Waals surface area contributed by atoms with Gasteiger partial charge in [-0.15, -0.1) is 0 Å². The zero-order valence-electron chi connectivity index (χ0n) is 11.3. The van der Waals surface area contributed by atoms with Gasteiger partial charge in [0.15, 0.2) is 9.84 Å². The quantitative estimate of drug-likeness (QED) is 0.828. The number of aliphatic hydroxyl groups excluding tert-OH is 1. The number of aliphatic hydroxyl groups is 1. The summed E-state index contributed by atoms with van der Waals surface area (Å²) in [4.78, 5) is 0. The van der Waals surface area contributed by atoms with Crippen molar-refractivity contribution in [1.82, 2.24) is 0 Å². The second kappa shape index (κ2) is 5.70. The Bertz CT molecular complexity index is 321. The van der Waals surface area contributed by atoms with Gasteiger partial charge in [-0.25, -0.2) is 8.42 Å². The molecule has 0 heterocycles. The molecule has 17 heavy (non-hydrogen) atoms. The van der Waals surface area contributed by atoms with E-state index in [1.54, 1.807) is 20.8 Å². The second-order valence-corrected chi connectivity index (χ2v) is 9.05. The molecule has 0 amide bonds. The van der Waals surface area contributed by atoms with Gasteiger partial charge in [0.05, 0.1) is 16.6 Å². The second-order valence-electron chi connectivity index (χ2n) is 6.19. The van der Waals surface area contributed by atoms with E-state index in [9.17, 15) is 13.5 Å². The summed E-state index contributed by atoms with van der Waals surface area (Å²) in [5, 5.41) is 9.95. The zero-order chi connectivity index (χ0) is 13.1. The lowest BCUT2D eigenvalue weighted by Gasteiger charge is -2.21. The van der Waals surface area contributed by atoms with Crippen LogP contribution in [0.4, 0.5) is 0 Å². The van der Waals surface area contributed by atoms with E-state index < -0.39 is 14.6 Å². The minimum absolute atomic E-state index is 0.195. The van der Waals surface area contributed by atoms with Gasteiger partial charge in [0.1, 0.15) is 0 Å². The summed E-state index contributed by atoms with van der Waals surface area (Å²) in [6.45, 7) is 5.20. The van der Waals surface area contributed by atoms with Crippen molar-refractivity contribution in [2.75, 3.05) is 5.75 Å². The highest BCUT2D eigenvalue weighted by molar-refractivity contribution is 7.92. The molecule has 0 spiro atoms. The summed E-state index contributed by atoms with van der Waals surface area (Å²) in [6.07, 6.45) is 5.54. The van der Waals surface area contributed by atoms with Crippen molar-refractivity contribution >= 4 is 9.84 Å². The zero-order valence-corrected chi connectivity index (χ0v) is 12.1. The van der Waals surface area contributed by atoms with Gasteiger partial charge >= 0.3 is 0 Å². The summed E-state index contributed by atoms with van der Waals surface area (Å²) < 4.78 is 23.1. The number of sulfone groups is 1. The van der Waals surface area contributed by atoms with Crippen LogP contribution in [0, 0.1) is 5.92 Å². The predicted molar refractivity (Wildman–Crippen MR) is 70.7 cm³/mol. The van der Waals surface area contributed by atoms with Crippen LogP contribution in [0.3, 0.4) is 0 Å². The highest BCUT2D eigenvalue weighted by Gasteiger charge is 2.29. The molecule has 1 aliphatic rings. The normalized spacial score (nSPS) is 20.7. The van der Waals surface area contributed by atoms with Gasteiger partial charge in [0, 0.05) is 0 Å². The Hall–Kier alpha value is -0.0900. The third kappa shape index (κ3) is 4.25. The molecule has 0 radical (unpaired) electrons. The summed E-state index contributed by atoms with van der Waals surface area (Å²) in [5.74, 6) is 0.604. The SMILES string of the molecule is CC(C)(C)S(=O)(=O)CCCC(O)C1CCCC1. The van der Waals surface area contributed by atoms with Gasteiger partial charge in [-0.2, -0.15) is 0 Å². The van der Waals surface area contributed by atoms with Crippen LogP contribution < -0.4 is 0 Å². The van der Waals surface area contributed by atoms with E-state index in [1.807, 2.05) is 0 Å². The maximum atomic E-state index is 11.9. The third-order valence-corrected chi connectivity index (χ3v) is 6.48. The average Bonchev–Trinajstić information content (AvgIpc) is 2.67. The highest BCUT2D eigenvalue weighted by atomic mass is 32.2. The Kier molecular flexibility index (Phi) is 5.02. The molecule has 1 fully saturated rings. The van der Waals surface area contributed by atoms with Gasteiger partial charge < -0.3 is 5.11 Å². The molecule has 1 aliphatic carbocycles. The molecule has 1 N–H and O–H groups in total. The predicted octanol–water partition coefficient (Wildman–Crippen LogP) is 2.53. The van der Waals surface area contributed by atoms with Crippen LogP contribution in [0.5, 0.6) is 0 Å². The molecular formula is C13H26O3S. The lowest BCUT2D eigenvalue weighted by atomic mass is 9.97. The fourth-order valence-corrected chi connectivity index (χ4v) is 3.53. The molecule has 1 unspecified atom stereocenters. The van der Waals surface area contributed by atoms with E-state index in [0.29, 0.717) is 18.8 Å². The van der Waals surface area contributed by atoms with Crippen LogP contribution in [0.25, 0.3) is 0 Å². The molecule has 3 nitrogen and oxygen atoms in total. The molecular weight excluding hydrogens is 236 g/mol. The van der Waals surface area contributed by atoms with Crippen molar-refractivity contribution in [2.24, 2.45) is 5.92 Å². The van der Waals surface area contributed by atoms with E-state index in [4.69, 9.17) is 0 Å². The molecule has 0 bridgehead atoms. The molecule has 0 aromatic carbocycles.